The zero-order valence-corrected chi connectivity index (χ0v) is 21.9. The molecule has 0 heterocycles. The number of carbonyl (C=O) groups is 2. The molecule has 4 aromatic carbocycles. The van der Waals surface area contributed by atoms with Crippen molar-refractivity contribution in [2.45, 2.75) is 12.1 Å². The first-order valence-corrected chi connectivity index (χ1v) is 12.7. The molecule has 8 heteroatoms. The van der Waals surface area contributed by atoms with E-state index in [2.05, 4.69) is 0 Å². The summed E-state index contributed by atoms with van der Waals surface area (Å²) in [5.41, 5.74) is 9.46. The highest BCUT2D eigenvalue weighted by atomic mass is 19.4. The molecule has 1 atom stereocenters. The molecule has 0 aromatic heterocycles. The van der Waals surface area contributed by atoms with E-state index in [-0.39, 0.29) is 25.5 Å². The summed E-state index contributed by atoms with van der Waals surface area (Å²) in [6, 6.07) is 28.8. The summed E-state index contributed by atoms with van der Waals surface area (Å²) in [5.74, 6) is -1.52. The summed E-state index contributed by atoms with van der Waals surface area (Å²) in [5, 5.41) is 0. The van der Waals surface area contributed by atoms with Crippen LogP contribution in [0.3, 0.4) is 0 Å². The van der Waals surface area contributed by atoms with E-state index >= 15 is 0 Å². The molecule has 0 radical (unpaired) electrons. The zero-order chi connectivity index (χ0) is 28.7. The Labute approximate surface area is 231 Å². The first-order valence-electron chi connectivity index (χ1n) is 12.7. The van der Waals surface area contributed by atoms with Crippen LogP contribution in [-0.2, 0) is 15.7 Å². The molecule has 5 nitrogen and oxygen atoms in total. The molecule has 0 aliphatic carbocycles. The average Bonchev–Trinajstić information content (AvgIpc) is 2.99. The van der Waals surface area contributed by atoms with Gasteiger partial charge >= 0.3 is 12.1 Å². The molecule has 0 fully saturated rings. The van der Waals surface area contributed by atoms with Crippen molar-refractivity contribution in [3.63, 3.8) is 0 Å². The summed E-state index contributed by atoms with van der Waals surface area (Å²) in [7, 11) is 1.31. The minimum Gasteiger partial charge on any atom is -0.468 e. The number of methoxy groups -OCH3 is 1. The van der Waals surface area contributed by atoms with Crippen LogP contribution in [0.5, 0.6) is 0 Å². The lowest BCUT2D eigenvalue weighted by molar-refractivity contribution is -0.142. The third-order valence-corrected chi connectivity index (χ3v) is 6.67. The van der Waals surface area contributed by atoms with Gasteiger partial charge in [-0.15, -0.1) is 0 Å². The van der Waals surface area contributed by atoms with Crippen molar-refractivity contribution in [2.75, 3.05) is 26.7 Å². The lowest BCUT2D eigenvalue weighted by Gasteiger charge is -2.27. The van der Waals surface area contributed by atoms with Crippen LogP contribution in [0.4, 0.5) is 13.2 Å². The Morgan fingerprint density at radius 2 is 1.27 bits per heavy atom. The highest BCUT2D eigenvalue weighted by Gasteiger charge is 2.30. The van der Waals surface area contributed by atoms with Gasteiger partial charge in [0.25, 0.3) is 5.91 Å². The molecular formula is C32H29F3N2O3. The summed E-state index contributed by atoms with van der Waals surface area (Å²) in [6.07, 6.45) is -4.41. The molecule has 40 heavy (non-hydrogen) atoms. The van der Waals surface area contributed by atoms with Crippen molar-refractivity contribution in [2.24, 2.45) is 5.73 Å². The van der Waals surface area contributed by atoms with Crippen molar-refractivity contribution < 1.29 is 27.5 Å². The average molecular weight is 547 g/mol. The van der Waals surface area contributed by atoms with Gasteiger partial charge in [0.05, 0.1) is 18.6 Å². The number of benzene rings is 4. The van der Waals surface area contributed by atoms with Gasteiger partial charge < -0.3 is 15.4 Å². The standard InChI is InChI=1S/C32H29F3N2O3/c1-40-31(39)29(26-11-7-23(8-12-26)22-5-3-2-4-6-22)21-37(20-19-36)30(38)27-13-9-24(10-14-27)25-15-17-28(18-16-25)32(33,34)35/h2-18,29H,19-21,36H2,1H3. The Kier molecular flexibility index (Phi) is 9.01. The number of amides is 1. The second kappa shape index (κ2) is 12.6. The Balaban J connectivity index is 1.53. The second-order valence-electron chi connectivity index (χ2n) is 9.26. The van der Waals surface area contributed by atoms with Crippen molar-refractivity contribution in [3.8, 4) is 22.3 Å². The molecule has 4 aromatic rings. The third-order valence-electron chi connectivity index (χ3n) is 6.67. The fourth-order valence-electron chi connectivity index (χ4n) is 4.49. The Morgan fingerprint density at radius 1 is 0.775 bits per heavy atom. The van der Waals surface area contributed by atoms with E-state index in [1.807, 2.05) is 54.6 Å². The molecule has 1 amide bonds. The van der Waals surface area contributed by atoms with Gasteiger partial charge in [0.15, 0.2) is 0 Å². The smallest absolute Gasteiger partial charge is 0.416 e. The number of ether oxygens (including phenoxy) is 1. The maximum absolute atomic E-state index is 13.4. The van der Waals surface area contributed by atoms with Crippen LogP contribution in [0.15, 0.2) is 103 Å². The Hall–Kier alpha value is -4.43. The quantitative estimate of drug-likeness (QED) is 0.247. The highest BCUT2D eigenvalue weighted by molar-refractivity contribution is 5.95. The van der Waals surface area contributed by atoms with E-state index in [1.54, 1.807) is 24.3 Å². The largest absolute Gasteiger partial charge is 0.468 e. The van der Waals surface area contributed by atoms with Crippen LogP contribution < -0.4 is 5.73 Å². The maximum Gasteiger partial charge on any atom is 0.416 e. The first kappa shape index (κ1) is 28.6. The Morgan fingerprint density at radius 3 is 1.77 bits per heavy atom. The fraction of sp³-hybridized carbons (Fsp3) is 0.188. The summed E-state index contributed by atoms with van der Waals surface area (Å²) in [6.45, 7) is 0.472. The van der Waals surface area contributed by atoms with E-state index in [9.17, 15) is 22.8 Å². The molecule has 4 rings (SSSR count). The molecule has 0 saturated heterocycles. The Bertz CT molecular complexity index is 1420. The van der Waals surface area contributed by atoms with Crippen LogP contribution in [0.2, 0.25) is 0 Å². The van der Waals surface area contributed by atoms with Crippen LogP contribution >= 0.6 is 0 Å². The van der Waals surface area contributed by atoms with Gasteiger partial charge in [0.2, 0.25) is 0 Å². The van der Waals surface area contributed by atoms with Gasteiger partial charge in [0, 0.05) is 25.2 Å². The van der Waals surface area contributed by atoms with Crippen molar-refractivity contribution in [1.82, 2.24) is 4.90 Å². The number of hydrogen-bond donors (Lipinski definition) is 1. The topological polar surface area (TPSA) is 72.6 Å². The predicted molar refractivity (Wildman–Crippen MR) is 148 cm³/mol. The van der Waals surface area contributed by atoms with Crippen molar-refractivity contribution >= 4 is 11.9 Å². The molecular weight excluding hydrogens is 517 g/mol. The van der Waals surface area contributed by atoms with Gasteiger partial charge in [-0.3, -0.25) is 9.59 Å². The number of hydrogen-bond acceptors (Lipinski definition) is 4. The van der Waals surface area contributed by atoms with Crippen LogP contribution in [0.1, 0.15) is 27.4 Å². The molecule has 0 aliphatic heterocycles. The van der Waals surface area contributed by atoms with Gasteiger partial charge in [-0.1, -0.05) is 78.9 Å². The molecule has 206 valence electrons. The molecule has 2 N–H and O–H groups in total. The maximum atomic E-state index is 13.4. The number of rotatable bonds is 9. The normalized spacial score (nSPS) is 12.0. The second-order valence-corrected chi connectivity index (χ2v) is 9.26. The number of esters is 1. The van der Waals surface area contributed by atoms with Crippen molar-refractivity contribution in [3.05, 3.63) is 120 Å². The summed E-state index contributed by atoms with van der Waals surface area (Å²) in [4.78, 5) is 27.8. The summed E-state index contributed by atoms with van der Waals surface area (Å²) < 4.78 is 43.7. The zero-order valence-electron chi connectivity index (χ0n) is 21.9. The van der Waals surface area contributed by atoms with Gasteiger partial charge in [-0.25, -0.2) is 0 Å². The number of alkyl halides is 3. The van der Waals surface area contributed by atoms with E-state index in [0.717, 1.165) is 23.3 Å². The number of carbonyl (C=O) groups excluding carboxylic acids is 2. The van der Waals surface area contributed by atoms with Crippen LogP contribution in [0.25, 0.3) is 22.3 Å². The van der Waals surface area contributed by atoms with Crippen LogP contribution in [-0.4, -0.2) is 43.5 Å². The van der Waals surface area contributed by atoms with E-state index in [0.29, 0.717) is 22.3 Å². The van der Waals surface area contributed by atoms with E-state index < -0.39 is 23.6 Å². The summed E-state index contributed by atoms with van der Waals surface area (Å²) >= 11 is 0. The molecule has 0 aliphatic rings. The third kappa shape index (κ3) is 6.76. The van der Waals surface area contributed by atoms with Gasteiger partial charge in [-0.05, 0) is 52.1 Å². The molecule has 0 spiro atoms. The molecule has 0 saturated carbocycles. The van der Waals surface area contributed by atoms with Crippen LogP contribution in [0, 0.1) is 0 Å². The molecule has 1 unspecified atom stereocenters. The lowest BCUT2D eigenvalue weighted by Crippen LogP contribution is -2.40. The number of nitrogens with two attached hydrogens (primary N) is 1. The van der Waals surface area contributed by atoms with Gasteiger partial charge in [-0.2, -0.15) is 13.2 Å². The monoisotopic (exact) mass is 546 g/mol. The van der Waals surface area contributed by atoms with Crippen molar-refractivity contribution in [1.29, 1.82) is 0 Å². The number of halogens is 3. The number of nitrogens with zero attached hydrogens (tertiary/aromatic N) is 1. The van der Waals surface area contributed by atoms with E-state index in [4.69, 9.17) is 10.5 Å². The lowest BCUT2D eigenvalue weighted by atomic mass is 9.95. The molecule has 0 bridgehead atoms. The first-order chi connectivity index (χ1) is 19.2. The van der Waals surface area contributed by atoms with Gasteiger partial charge in [0.1, 0.15) is 0 Å². The highest BCUT2D eigenvalue weighted by Crippen LogP contribution is 2.31. The van der Waals surface area contributed by atoms with E-state index in [1.165, 1.54) is 24.1 Å². The SMILES string of the molecule is COC(=O)C(CN(CCN)C(=O)c1ccc(-c2ccc(C(F)(F)F)cc2)cc1)c1ccc(-c2ccccc2)cc1. The minimum absolute atomic E-state index is 0.0635. The minimum atomic E-state index is -4.41. The predicted octanol–water partition coefficient (Wildman–Crippen LogP) is 6.40. The fourth-order valence-corrected chi connectivity index (χ4v) is 4.49.